The van der Waals surface area contributed by atoms with Gasteiger partial charge >= 0.3 is 0 Å². The molecule has 0 fully saturated rings. The van der Waals surface area contributed by atoms with Crippen molar-refractivity contribution in [3.05, 3.63) is 92.8 Å². The summed E-state index contributed by atoms with van der Waals surface area (Å²) in [6, 6.07) is 11.5. The first-order chi connectivity index (χ1) is 11.6. The Labute approximate surface area is 146 Å². The fraction of sp³-hybridized carbons (Fsp3) is 0.111. The maximum atomic E-state index is 12.9. The molecule has 24 heavy (non-hydrogen) atoms. The summed E-state index contributed by atoms with van der Waals surface area (Å²) < 4.78 is 20.5. The van der Waals surface area contributed by atoms with Gasteiger partial charge in [0.2, 0.25) is 0 Å². The zero-order valence-corrected chi connectivity index (χ0v) is 14.2. The van der Waals surface area contributed by atoms with Crippen molar-refractivity contribution in [1.82, 2.24) is 9.55 Å². The van der Waals surface area contributed by atoms with E-state index >= 15 is 0 Å². The molecule has 0 N–H and O–H groups in total. The number of hydrogen-bond donors (Lipinski definition) is 0. The molecule has 0 radical (unpaired) electrons. The second-order valence-electron chi connectivity index (χ2n) is 5.20. The van der Waals surface area contributed by atoms with Gasteiger partial charge in [-0.3, -0.25) is 9.78 Å². The molecule has 4 nitrogen and oxygen atoms in total. The van der Waals surface area contributed by atoms with E-state index in [-0.39, 0.29) is 18.0 Å². The molecule has 122 valence electrons. The maximum absolute atomic E-state index is 12.9. The molecule has 0 bridgehead atoms. The highest BCUT2D eigenvalue weighted by Gasteiger charge is 2.09. The molecular formula is C18H14BrFN2O2. The highest BCUT2D eigenvalue weighted by atomic mass is 79.9. The summed E-state index contributed by atoms with van der Waals surface area (Å²) in [4.78, 5) is 16.5. The molecule has 0 unspecified atom stereocenters. The summed E-state index contributed by atoms with van der Waals surface area (Å²) in [5, 5.41) is 0. The van der Waals surface area contributed by atoms with Crippen LogP contribution in [0.3, 0.4) is 0 Å². The highest BCUT2D eigenvalue weighted by molar-refractivity contribution is 9.10. The molecule has 0 spiro atoms. The number of rotatable bonds is 5. The third kappa shape index (κ3) is 3.89. The molecular weight excluding hydrogens is 375 g/mol. The fourth-order valence-corrected chi connectivity index (χ4v) is 2.67. The Hall–Kier alpha value is -2.47. The van der Waals surface area contributed by atoms with Crippen LogP contribution >= 0.6 is 15.9 Å². The van der Waals surface area contributed by atoms with Gasteiger partial charge in [-0.05, 0) is 51.3 Å². The van der Waals surface area contributed by atoms with Crippen LogP contribution in [0.5, 0.6) is 5.75 Å². The lowest BCUT2D eigenvalue weighted by Gasteiger charge is -2.11. The second-order valence-corrected chi connectivity index (χ2v) is 6.00. The molecule has 0 saturated carbocycles. The Kier molecular flexibility index (Phi) is 5.05. The third-order valence-corrected chi connectivity index (χ3v) is 4.18. The number of aromatic nitrogens is 2. The van der Waals surface area contributed by atoms with Gasteiger partial charge in [0.25, 0.3) is 5.56 Å². The lowest BCUT2D eigenvalue weighted by Crippen LogP contribution is -2.21. The zero-order valence-electron chi connectivity index (χ0n) is 12.7. The molecule has 3 rings (SSSR count). The molecule has 0 aliphatic heterocycles. The number of nitrogens with zero attached hydrogens (tertiary/aromatic N) is 2. The molecule has 2 aromatic heterocycles. The average Bonchev–Trinajstić information content (AvgIpc) is 2.61. The Morgan fingerprint density at radius 3 is 2.62 bits per heavy atom. The number of halogens is 2. The van der Waals surface area contributed by atoms with Gasteiger partial charge in [-0.25, -0.2) is 4.39 Å². The van der Waals surface area contributed by atoms with Crippen molar-refractivity contribution in [2.75, 3.05) is 0 Å². The molecule has 0 aliphatic rings. The van der Waals surface area contributed by atoms with Crippen molar-refractivity contribution in [2.45, 2.75) is 13.2 Å². The van der Waals surface area contributed by atoms with E-state index in [2.05, 4.69) is 20.9 Å². The van der Waals surface area contributed by atoms with E-state index in [4.69, 9.17) is 4.74 Å². The van der Waals surface area contributed by atoms with Crippen molar-refractivity contribution in [2.24, 2.45) is 0 Å². The largest absolute Gasteiger partial charge is 0.487 e. The van der Waals surface area contributed by atoms with Gasteiger partial charge in [0.15, 0.2) is 0 Å². The van der Waals surface area contributed by atoms with E-state index in [9.17, 15) is 9.18 Å². The monoisotopic (exact) mass is 388 g/mol. The number of hydrogen-bond acceptors (Lipinski definition) is 3. The van der Waals surface area contributed by atoms with Gasteiger partial charge in [-0.15, -0.1) is 0 Å². The lowest BCUT2D eigenvalue weighted by molar-refractivity contribution is 0.302. The van der Waals surface area contributed by atoms with Gasteiger partial charge in [-0.1, -0.05) is 18.2 Å². The molecule has 0 saturated heterocycles. The van der Waals surface area contributed by atoms with E-state index < -0.39 is 0 Å². The lowest BCUT2D eigenvalue weighted by atomic mass is 10.2. The first-order valence-corrected chi connectivity index (χ1v) is 8.08. The number of pyridine rings is 2. The molecule has 1 aromatic carbocycles. The van der Waals surface area contributed by atoms with E-state index in [0.717, 1.165) is 11.1 Å². The standard InChI is InChI=1S/C18H14BrFN2O2/c19-17-16(24-12-13-3-5-15(20)6-4-13)7-9-22(18(17)23)11-14-2-1-8-21-10-14/h1-10H,11-12H2. The van der Waals surface area contributed by atoms with Crippen molar-refractivity contribution in [3.8, 4) is 5.75 Å². The summed E-state index contributed by atoms with van der Waals surface area (Å²) in [7, 11) is 0. The first kappa shape index (κ1) is 16.4. The zero-order chi connectivity index (χ0) is 16.9. The highest BCUT2D eigenvalue weighted by Crippen LogP contribution is 2.21. The van der Waals surface area contributed by atoms with Gasteiger partial charge in [0.1, 0.15) is 22.6 Å². The summed E-state index contributed by atoms with van der Waals surface area (Å²) >= 11 is 3.30. The van der Waals surface area contributed by atoms with E-state index in [1.165, 1.54) is 12.1 Å². The summed E-state index contributed by atoms with van der Waals surface area (Å²) in [5.74, 6) is 0.157. The third-order valence-electron chi connectivity index (χ3n) is 3.45. The quantitative estimate of drug-likeness (QED) is 0.667. The van der Waals surface area contributed by atoms with Crippen LogP contribution in [-0.4, -0.2) is 9.55 Å². The van der Waals surface area contributed by atoms with Crippen molar-refractivity contribution in [3.63, 3.8) is 0 Å². The molecule has 0 aliphatic carbocycles. The predicted octanol–water partition coefficient (Wildman–Crippen LogP) is 3.77. The fourth-order valence-electron chi connectivity index (χ4n) is 2.20. The molecule has 3 aromatic rings. The minimum Gasteiger partial charge on any atom is -0.487 e. The maximum Gasteiger partial charge on any atom is 0.268 e. The van der Waals surface area contributed by atoms with Crippen LogP contribution in [0.25, 0.3) is 0 Å². The molecule has 0 amide bonds. The minimum atomic E-state index is -0.294. The smallest absolute Gasteiger partial charge is 0.268 e. The Morgan fingerprint density at radius 2 is 1.92 bits per heavy atom. The van der Waals surface area contributed by atoms with Gasteiger partial charge in [-0.2, -0.15) is 0 Å². The molecule has 6 heteroatoms. The second kappa shape index (κ2) is 7.40. The topological polar surface area (TPSA) is 44.1 Å². The Balaban J connectivity index is 1.75. The van der Waals surface area contributed by atoms with Gasteiger partial charge in [0.05, 0.1) is 6.54 Å². The van der Waals surface area contributed by atoms with Crippen LogP contribution in [0.4, 0.5) is 4.39 Å². The predicted molar refractivity (Wildman–Crippen MR) is 92.5 cm³/mol. The Morgan fingerprint density at radius 1 is 1.12 bits per heavy atom. The van der Waals surface area contributed by atoms with Crippen molar-refractivity contribution >= 4 is 15.9 Å². The SMILES string of the molecule is O=c1c(Br)c(OCc2ccc(F)cc2)ccn1Cc1cccnc1. The van der Waals surface area contributed by atoms with E-state index in [1.54, 1.807) is 41.4 Å². The normalized spacial score (nSPS) is 10.6. The number of benzene rings is 1. The summed E-state index contributed by atoms with van der Waals surface area (Å²) in [6.07, 6.45) is 5.09. The van der Waals surface area contributed by atoms with Crippen LogP contribution in [0.1, 0.15) is 11.1 Å². The first-order valence-electron chi connectivity index (χ1n) is 7.28. The van der Waals surface area contributed by atoms with Crippen molar-refractivity contribution in [1.29, 1.82) is 0 Å². The molecule has 2 heterocycles. The van der Waals surface area contributed by atoms with Crippen LogP contribution < -0.4 is 10.3 Å². The molecule has 0 atom stereocenters. The number of ether oxygens (including phenoxy) is 1. The van der Waals surface area contributed by atoms with E-state index in [0.29, 0.717) is 16.8 Å². The average molecular weight is 389 g/mol. The minimum absolute atomic E-state index is 0.185. The van der Waals surface area contributed by atoms with Crippen LogP contribution in [-0.2, 0) is 13.2 Å². The summed E-state index contributed by atoms with van der Waals surface area (Å²) in [5.41, 5.74) is 1.57. The van der Waals surface area contributed by atoms with Crippen LogP contribution in [0, 0.1) is 5.82 Å². The van der Waals surface area contributed by atoms with Crippen LogP contribution in [0.2, 0.25) is 0 Å². The summed E-state index contributed by atoms with van der Waals surface area (Å²) in [6.45, 7) is 0.689. The van der Waals surface area contributed by atoms with Crippen molar-refractivity contribution < 1.29 is 9.13 Å². The van der Waals surface area contributed by atoms with E-state index in [1.807, 2.05) is 12.1 Å². The van der Waals surface area contributed by atoms with Gasteiger partial charge in [0, 0.05) is 18.6 Å². The van der Waals surface area contributed by atoms with Crippen LogP contribution in [0.15, 0.2) is 70.3 Å². The Bertz CT molecular complexity index is 880. The van der Waals surface area contributed by atoms with Gasteiger partial charge < -0.3 is 9.30 Å².